The molecular weight excluding hydrogens is 298 g/mol. The molecule has 0 radical (unpaired) electrons. The largest absolute Gasteiger partial charge is 0.365 e. The van der Waals surface area contributed by atoms with E-state index in [1.54, 1.807) is 0 Å². The first kappa shape index (κ1) is 15.7. The molecule has 0 aliphatic heterocycles. The zero-order chi connectivity index (χ0) is 13.7. The summed E-state index contributed by atoms with van der Waals surface area (Å²) in [5.41, 5.74) is 0.0662. The van der Waals surface area contributed by atoms with E-state index < -0.39 is 5.76 Å². The summed E-state index contributed by atoms with van der Waals surface area (Å²) in [5, 5.41) is 9.09. The van der Waals surface area contributed by atoms with Crippen molar-refractivity contribution in [2.24, 2.45) is 0 Å². The maximum Gasteiger partial charge on any atom is 0.290 e. The average molecular weight is 310 g/mol. The van der Waals surface area contributed by atoms with Gasteiger partial charge in [-0.25, -0.2) is 0 Å². The van der Waals surface area contributed by atoms with Gasteiger partial charge in [-0.15, -0.1) is 0 Å². The van der Waals surface area contributed by atoms with Gasteiger partial charge in [-0.1, -0.05) is 11.8 Å². The van der Waals surface area contributed by atoms with Crippen molar-refractivity contribution in [3.8, 4) is 6.07 Å². The van der Waals surface area contributed by atoms with Gasteiger partial charge in [0.05, 0.1) is 6.10 Å². The molecule has 8 heteroatoms. The van der Waals surface area contributed by atoms with Crippen molar-refractivity contribution in [3.05, 3.63) is 5.56 Å². The topological polar surface area (TPSA) is 45.9 Å². The molecule has 1 unspecified atom stereocenters. The highest BCUT2D eigenvalue weighted by Gasteiger charge is 2.20. The minimum atomic E-state index is -2.57. The Hall–Kier alpha value is -0.360. The van der Waals surface area contributed by atoms with E-state index in [0.29, 0.717) is 16.0 Å². The predicted octanol–water partition coefficient (Wildman–Crippen LogP) is 4.19. The molecule has 18 heavy (non-hydrogen) atoms. The molecule has 1 atom stereocenters. The normalized spacial score (nSPS) is 13.0. The summed E-state index contributed by atoms with van der Waals surface area (Å²) in [4.78, 5) is 0. The van der Waals surface area contributed by atoms with Crippen molar-refractivity contribution >= 4 is 35.1 Å². The second-order valence-corrected chi connectivity index (χ2v) is 6.83. The molecule has 1 aromatic heterocycles. The van der Waals surface area contributed by atoms with Gasteiger partial charge in [-0.05, 0) is 44.1 Å². The molecule has 3 nitrogen and oxygen atoms in total. The molecule has 0 N–H and O–H groups in total. The lowest BCUT2D eigenvalue weighted by molar-refractivity contribution is 0.0691. The van der Waals surface area contributed by atoms with Crippen molar-refractivity contribution < 1.29 is 13.5 Å². The average Bonchev–Trinajstić information content (AvgIpc) is 2.58. The van der Waals surface area contributed by atoms with Crippen LogP contribution in [0.3, 0.4) is 0 Å². The third-order valence-corrected chi connectivity index (χ3v) is 4.51. The SMILES string of the molecule is CC(C)OC(C)Sc1snc(SC(F)F)c1C#N. The fraction of sp³-hybridized carbons (Fsp3) is 0.600. The number of nitrogens with zero attached hydrogens (tertiary/aromatic N) is 2. The van der Waals surface area contributed by atoms with E-state index in [0.717, 1.165) is 11.5 Å². The molecule has 0 aliphatic carbocycles. The van der Waals surface area contributed by atoms with Gasteiger partial charge in [0.15, 0.2) is 0 Å². The summed E-state index contributed by atoms with van der Waals surface area (Å²) in [7, 11) is 0. The van der Waals surface area contributed by atoms with E-state index in [1.807, 2.05) is 26.8 Å². The van der Waals surface area contributed by atoms with Gasteiger partial charge in [0, 0.05) is 0 Å². The van der Waals surface area contributed by atoms with Crippen LogP contribution in [0.4, 0.5) is 8.78 Å². The molecule has 0 saturated carbocycles. The highest BCUT2D eigenvalue weighted by molar-refractivity contribution is 8.02. The van der Waals surface area contributed by atoms with E-state index in [2.05, 4.69) is 4.37 Å². The van der Waals surface area contributed by atoms with E-state index in [1.165, 1.54) is 11.8 Å². The van der Waals surface area contributed by atoms with Crippen LogP contribution in [0.2, 0.25) is 0 Å². The van der Waals surface area contributed by atoms with Crippen molar-refractivity contribution in [1.29, 1.82) is 5.26 Å². The van der Waals surface area contributed by atoms with Crippen molar-refractivity contribution in [1.82, 2.24) is 4.37 Å². The van der Waals surface area contributed by atoms with Crippen molar-refractivity contribution in [2.75, 3.05) is 0 Å². The first-order chi connectivity index (χ1) is 8.43. The molecule has 0 aliphatic rings. The van der Waals surface area contributed by atoms with Gasteiger partial charge in [0.1, 0.15) is 26.3 Å². The molecule has 0 aromatic carbocycles. The Morgan fingerprint density at radius 3 is 2.50 bits per heavy atom. The predicted molar refractivity (Wildman–Crippen MR) is 70.2 cm³/mol. The summed E-state index contributed by atoms with van der Waals surface area (Å²) >= 11 is 2.68. The zero-order valence-corrected chi connectivity index (χ0v) is 12.5. The Balaban J connectivity index is 2.78. The van der Waals surface area contributed by atoms with Crippen LogP contribution in [-0.2, 0) is 4.74 Å². The number of hydrogen-bond acceptors (Lipinski definition) is 6. The van der Waals surface area contributed by atoms with Gasteiger partial charge >= 0.3 is 0 Å². The van der Waals surface area contributed by atoms with Crippen LogP contribution < -0.4 is 0 Å². The molecule has 0 fully saturated rings. The highest BCUT2D eigenvalue weighted by atomic mass is 32.2. The van der Waals surface area contributed by atoms with Crippen LogP contribution in [0.1, 0.15) is 26.3 Å². The molecular formula is C10H12F2N2OS3. The van der Waals surface area contributed by atoms with Crippen molar-refractivity contribution in [2.45, 2.75) is 47.3 Å². The van der Waals surface area contributed by atoms with E-state index in [9.17, 15) is 8.78 Å². The fourth-order valence-electron chi connectivity index (χ4n) is 1.16. The Kier molecular flexibility index (Phi) is 6.35. The lowest BCUT2D eigenvalue weighted by atomic mass is 10.4. The molecule has 1 rings (SSSR count). The molecule has 0 spiro atoms. The number of hydrogen-bond donors (Lipinski definition) is 0. The van der Waals surface area contributed by atoms with Gasteiger partial charge in [0.25, 0.3) is 5.76 Å². The monoisotopic (exact) mass is 310 g/mol. The quantitative estimate of drug-likeness (QED) is 0.582. The Morgan fingerprint density at radius 2 is 2.00 bits per heavy atom. The maximum atomic E-state index is 12.3. The number of rotatable bonds is 6. The Bertz CT molecular complexity index is 431. The molecule has 0 bridgehead atoms. The number of aromatic nitrogens is 1. The molecule has 0 amide bonds. The van der Waals surface area contributed by atoms with Crippen LogP contribution in [0.5, 0.6) is 0 Å². The Morgan fingerprint density at radius 1 is 1.33 bits per heavy atom. The van der Waals surface area contributed by atoms with Crippen LogP contribution >= 0.6 is 35.1 Å². The van der Waals surface area contributed by atoms with Crippen LogP contribution in [0.25, 0.3) is 0 Å². The molecule has 1 aromatic rings. The summed E-state index contributed by atoms with van der Waals surface area (Å²) in [6.07, 6.45) is 0.0702. The first-order valence-electron chi connectivity index (χ1n) is 5.10. The zero-order valence-electron chi connectivity index (χ0n) is 10.0. The second-order valence-electron chi connectivity index (χ2n) is 3.51. The molecule has 0 saturated heterocycles. The Labute approximate surface area is 117 Å². The number of thioether (sulfide) groups is 2. The number of nitriles is 1. The van der Waals surface area contributed by atoms with Crippen molar-refractivity contribution in [3.63, 3.8) is 0 Å². The summed E-state index contributed by atoms with van der Waals surface area (Å²) in [6.45, 7) is 5.67. The second kappa shape index (κ2) is 7.28. The van der Waals surface area contributed by atoms with Crippen LogP contribution in [0.15, 0.2) is 9.24 Å². The number of halogens is 2. The summed E-state index contributed by atoms with van der Waals surface area (Å²) in [5.74, 6) is -2.57. The summed E-state index contributed by atoms with van der Waals surface area (Å²) in [6, 6.07) is 1.93. The standard InChI is InChI=1S/C10H12F2N2OS3/c1-5(2)15-6(3)16-9-7(4-13)8(14-18-9)17-10(11)12/h5-6,10H,1-3H3. The first-order valence-corrected chi connectivity index (χ1v) is 7.64. The van der Waals surface area contributed by atoms with Gasteiger partial charge in [0.2, 0.25) is 0 Å². The van der Waals surface area contributed by atoms with E-state index in [4.69, 9.17) is 10.00 Å². The number of alkyl halides is 2. The molecule has 100 valence electrons. The smallest absolute Gasteiger partial charge is 0.290 e. The lowest BCUT2D eigenvalue weighted by Gasteiger charge is -2.14. The lowest BCUT2D eigenvalue weighted by Crippen LogP contribution is -2.10. The maximum absolute atomic E-state index is 12.3. The van der Waals surface area contributed by atoms with Crippen LogP contribution in [0, 0.1) is 11.3 Å². The summed E-state index contributed by atoms with van der Waals surface area (Å²) < 4.78 is 34.6. The minimum Gasteiger partial charge on any atom is -0.365 e. The third kappa shape index (κ3) is 4.72. The molecule has 1 heterocycles. The third-order valence-electron chi connectivity index (χ3n) is 1.68. The minimum absolute atomic E-state index is 0.0702. The van der Waals surface area contributed by atoms with Gasteiger partial charge < -0.3 is 4.74 Å². The fourth-order valence-corrected chi connectivity index (χ4v) is 4.03. The number of ether oxygens (including phenoxy) is 1. The van der Waals surface area contributed by atoms with E-state index >= 15 is 0 Å². The highest BCUT2D eigenvalue weighted by Crippen LogP contribution is 2.38. The van der Waals surface area contributed by atoms with Gasteiger partial charge in [-0.2, -0.15) is 18.4 Å². The van der Waals surface area contributed by atoms with Crippen LogP contribution in [-0.4, -0.2) is 21.7 Å². The van der Waals surface area contributed by atoms with Gasteiger partial charge in [-0.3, -0.25) is 0 Å². The van der Waals surface area contributed by atoms with E-state index in [-0.39, 0.29) is 22.1 Å².